The highest BCUT2D eigenvalue weighted by Crippen LogP contribution is 2.23. The molecule has 0 atom stereocenters. The van der Waals surface area contributed by atoms with Crippen molar-refractivity contribution in [1.82, 2.24) is 0 Å². The molecule has 0 radical (unpaired) electrons. The average Bonchev–Trinajstić information content (AvgIpc) is 2.32. The van der Waals surface area contributed by atoms with Crippen LogP contribution in [0.4, 0.5) is 17.6 Å². The van der Waals surface area contributed by atoms with Gasteiger partial charge in [-0.2, -0.15) is 13.2 Å². The molecule has 0 saturated heterocycles. The first-order valence-corrected chi connectivity index (χ1v) is 5.51. The number of benzene rings is 1. The fourth-order valence-corrected chi connectivity index (χ4v) is 1.31. The summed E-state index contributed by atoms with van der Waals surface area (Å²) in [5.41, 5.74) is 0.322. The maximum atomic E-state index is 13.0. The maximum absolute atomic E-state index is 13.0. The van der Waals surface area contributed by atoms with E-state index in [1.54, 1.807) is 0 Å². The van der Waals surface area contributed by atoms with Gasteiger partial charge in [-0.25, -0.2) is 4.39 Å². The number of ether oxygens (including phenoxy) is 1. The van der Waals surface area contributed by atoms with Gasteiger partial charge in [0, 0.05) is 12.5 Å². The average molecular weight is 276 g/mol. The first-order valence-electron chi connectivity index (χ1n) is 5.51. The van der Waals surface area contributed by atoms with Crippen molar-refractivity contribution < 1.29 is 27.4 Å². The maximum Gasteiger partial charge on any atom is 0.389 e. The first-order chi connectivity index (χ1) is 8.92. The van der Waals surface area contributed by atoms with Crippen LogP contribution in [0, 0.1) is 17.7 Å². The molecule has 0 aliphatic carbocycles. The van der Waals surface area contributed by atoms with Crippen molar-refractivity contribution in [3.05, 3.63) is 29.6 Å². The van der Waals surface area contributed by atoms with Gasteiger partial charge in [0.05, 0.1) is 12.2 Å². The molecule has 6 heteroatoms. The van der Waals surface area contributed by atoms with Crippen molar-refractivity contribution in [1.29, 1.82) is 0 Å². The molecule has 1 rings (SSSR count). The number of rotatable bonds is 4. The second kappa shape index (κ2) is 7.00. The van der Waals surface area contributed by atoms with Crippen LogP contribution in [-0.2, 0) is 0 Å². The van der Waals surface area contributed by atoms with Gasteiger partial charge in [-0.05, 0) is 18.6 Å². The van der Waals surface area contributed by atoms with E-state index in [2.05, 4.69) is 11.8 Å². The number of hydrogen-bond donors (Lipinski definition) is 1. The summed E-state index contributed by atoms with van der Waals surface area (Å²) in [5, 5.41) is 8.56. The van der Waals surface area contributed by atoms with Crippen molar-refractivity contribution in [2.24, 2.45) is 0 Å². The van der Waals surface area contributed by atoms with E-state index in [1.165, 1.54) is 6.07 Å². The summed E-state index contributed by atoms with van der Waals surface area (Å²) in [6.07, 6.45) is -5.41. The normalized spacial score (nSPS) is 10.8. The topological polar surface area (TPSA) is 29.5 Å². The molecule has 0 aromatic heterocycles. The molecular weight excluding hydrogens is 264 g/mol. The Hall–Kier alpha value is -1.74. The highest BCUT2D eigenvalue weighted by molar-refractivity contribution is 5.46. The largest absolute Gasteiger partial charge is 0.492 e. The highest BCUT2D eigenvalue weighted by atomic mass is 19.4. The minimum atomic E-state index is -4.23. The summed E-state index contributed by atoms with van der Waals surface area (Å²) < 4.78 is 53.9. The summed E-state index contributed by atoms with van der Waals surface area (Å²) in [5.74, 6) is 4.40. The van der Waals surface area contributed by atoms with Gasteiger partial charge in [0.15, 0.2) is 0 Å². The fraction of sp³-hybridized carbons (Fsp3) is 0.385. The molecule has 0 aliphatic heterocycles. The Morgan fingerprint density at radius 3 is 2.63 bits per heavy atom. The first kappa shape index (κ1) is 15.3. The van der Waals surface area contributed by atoms with Crippen LogP contribution in [0.25, 0.3) is 0 Å². The predicted molar refractivity (Wildman–Crippen MR) is 61.1 cm³/mol. The summed E-state index contributed by atoms with van der Waals surface area (Å²) in [6.45, 7) is -0.554. The Morgan fingerprint density at radius 2 is 2.00 bits per heavy atom. The second-order valence-electron chi connectivity index (χ2n) is 3.67. The smallest absolute Gasteiger partial charge is 0.389 e. The van der Waals surface area contributed by atoms with Gasteiger partial charge in [-0.15, -0.1) is 0 Å². The summed E-state index contributed by atoms with van der Waals surface area (Å²) in [7, 11) is 0. The second-order valence-corrected chi connectivity index (χ2v) is 3.67. The quantitative estimate of drug-likeness (QED) is 0.520. The molecule has 1 N–H and O–H groups in total. The Balaban J connectivity index is 2.63. The Kier molecular flexibility index (Phi) is 5.64. The van der Waals surface area contributed by atoms with E-state index < -0.39 is 18.4 Å². The zero-order valence-electron chi connectivity index (χ0n) is 9.93. The zero-order valence-corrected chi connectivity index (χ0v) is 9.93. The number of alkyl halides is 3. The molecule has 0 spiro atoms. The monoisotopic (exact) mass is 276 g/mol. The molecule has 0 amide bonds. The van der Waals surface area contributed by atoms with Crippen molar-refractivity contribution in [3.63, 3.8) is 0 Å². The van der Waals surface area contributed by atoms with Crippen LogP contribution < -0.4 is 4.74 Å². The molecule has 0 aliphatic rings. The molecule has 1 aromatic rings. The number of aliphatic hydroxyl groups excluding tert-OH is 1. The van der Waals surface area contributed by atoms with E-state index in [9.17, 15) is 17.6 Å². The lowest BCUT2D eigenvalue weighted by atomic mass is 10.2. The van der Waals surface area contributed by atoms with E-state index in [0.717, 1.165) is 12.1 Å². The van der Waals surface area contributed by atoms with Crippen molar-refractivity contribution >= 4 is 0 Å². The van der Waals surface area contributed by atoms with Crippen LogP contribution in [0.5, 0.6) is 5.75 Å². The summed E-state index contributed by atoms with van der Waals surface area (Å²) >= 11 is 0. The van der Waals surface area contributed by atoms with Crippen LogP contribution in [0.3, 0.4) is 0 Å². The lowest BCUT2D eigenvalue weighted by Gasteiger charge is -2.09. The molecule has 2 nitrogen and oxygen atoms in total. The van der Waals surface area contributed by atoms with E-state index in [4.69, 9.17) is 9.84 Å². The van der Waals surface area contributed by atoms with E-state index >= 15 is 0 Å². The molecule has 0 unspecified atom stereocenters. The van der Waals surface area contributed by atoms with Crippen LogP contribution >= 0.6 is 0 Å². The van der Waals surface area contributed by atoms with Gasteiger partial charge in [0.2, 0.25) is 0 Å². The third-order valence-electron chi connectivity index (χ3n) is 2.11. The molecular formula is C13H12F4O2. The van der Waals surface area contributed by atoms with Crippen molar-refractivity contribution in [3.8, 4) is 17.6 Å². The standard InChI is InChI=1S/C13H12F4O2/c14-11-5-4-10(3-1-7-18)12(9-11)19-8-2-6-13(15,16)17/h4-5,9,18H,2,6-8H2. The predicted octanol–water partition coefficient (Wildman–Crippen LogP) is 2.89. The minimum absolute atomic E-state index is 0.0723. The Bertz CT molecular complexity index is 472. The third kappa shape index (κ3) is 6.11. The highest BCUT2D eigenvalue weighted by Gasteiger charge is 2.26. The van der Waals surface area contributed by atoms with Gasteiger partial charge in [-0.1, -0.05) is 11.8 Å². The number of aliphatic hydroxyl groups is 1. The van der Waals surface area contributed by atoms with Crippen LogP contribution in [0.2, 0.25) is 0 Å². The van der Waals surface area contributed by atoms with Gasteiger partial charge in [0.1, 0.15) is 18.2 Å². The number of halogens is 4. The lowest BCUT2D eigenvalue weighted by Crippen LogP contribution is -2.10. The molecule has 0 bridgehead atoms. The summed E-state index contributed by atoms with van der Waals surface area (Å²) in [6, 6.07) is 3.55. The van der Waals surface area contributed by atoms with Crippen LogP contribution in [-0.4, -0.2) is 24.5 Å². The summed E-state index contributed by atoms with van der Waals surface area (Å²) in [4.78, 5) is 0. The number of hydrogen-bond acceptors (Lipinski definition) is 2. The van der Waals surface area contributed by atoms with Crippen LogP contribution in [0.1, 0.15) is 18.4 Å². The third-order valence-corrected chi connectivity index (χ3v) is 2.11. The zero-order chi connectivity index (χ0) is 14.3. The van der Waals surface area contributed by atoms with Gasteiger partial charge in [0.25, 0.3) is 0 Å². The van der Waals surface area contributed by atoms with E-state index in [-0.39, 0.29) is 25.4 Å². The molecule has 0 heterocycles. The van der Waals surface area contributed by atoms with Crippen molar-refractivity contribution in [2.75, 3.05) is 13.2 Å². The molecule has 1 aromatic carbocycles. The molecule has 104 valence electrons. The van der Waals surface area contributed by atoms with E-state index in [0.29, 0.717) is 5.56 Å². The Labute approximate surface area is 108 Å². The molecule has 0 fully saturated rings. The van der Waals surface area contributed by atoms with Gasteiger partial charge in [-0.3, -0.25) is 0 Å². The molecule has 19 heavy (non-hydrogen) atoms. The van der Waals surface area contributed by atoms with Crippen LogP contribution in [0.15, 0.2) is 18.2 Å². The SMILES string of the molecule is OCC#Cc1ccc(F)cc1OCCCC(F)(F)F. The lowest BCUT2D eigenvalue weighted by molar-refractivity contribution is -0.136. The van der Waals surface area contributed by atoms with E-state index in [1.807, 2.05) is 0 Å². The Morgan fingerprint density at radius 1 is 1.26 bits per heavy atom. The fourth-order valence-electron chi connectivity index (χ4n) is 1.31. The minimum Gasteiger partial charge on any atom is -0.492 e. The van der Waals surface area contributed by atoms with Gasteiger partial charge < -0.3 is 9.84 Å². The van der Waals surface area contributed by atoms with Gasteiger partial charge >= 0.3 is 6.18 Å². The molecule has 0 saturated carbocycles. The van der Waals surface area contributed by atoms with Crippen molar-refractivity contribution in [2.45, 2.75) is 19.0 Å².